The van der Waals surface area contributed by atoms with E-state index in [1.807, 2.05) is 0 Å². The SMILES string of the molecule is N[C@@H]1[C@@H](O)CC(O)(C(=O)O)O[C@H]1C(O)C(O)CO.O=P(O)(O)O. The largest absolute Gasteiger partial charge is 0.477 e. The molecular weight excluding hydrogens is 345 g/mol. The molecule has 138 valence electrons. The summed E-state index contributed by atoms with van der Waals surface area (Å²) in [7, 11) is -4.64. The lowest BCUT2D eigenvalue weighted by Gasteiger charge is -2.43. The monoisotopic (exact) mass is 365 g/mol. The van der Waals surface area contributed by atoms with Crippen LogP contribution in [-0.4, -0.2) is 94.1 Å². The van der Waals surface area contributed by atoms with Crippen LogP contribution < -0.4 is 5.73 Å². The van der Waals surface area contributed by atoms with E-state index in [0.29, 0.717) is 0 Å². The van der Waals surface area contributed by atoms with Gasteiger partial charge in [0.05, 0.1) is 18.8 Å². The smallest absolute Gasteiger partial charge is 0.466 e. The molecule has 11 N–H and O–H groups in total. The zero-order valence-electron chi connectivity index (χ0n) is 11.6. The van der Waals surface area contributed by atoms with E-state index in [1.165, 1.54) is 0 Å². The number of rotatable bonds is 4. The second-order valence-corrected chi connectivity index (χ2v) is 5.80. The van der Waals surface area contributed by atoms with E-state index in [1.54, 1.807) is 0 Å². The number of carbonyl (C=O) groups is 1. The molecule has 0 saturated carbocycles. The second-order valence-electron chi connectivity index (χ2n) is 4.77. The van der Waals surface area contributed by atoms with Crippen molar-refractivity contribution in [1.82, 2.24) is 0 Å². The first-order chi connectivity index (χ1) is 10.2. The molecule has 1 rings (SSSR count). The molecule has 1 aliphatic heterocycles. The molecule has 14 heteroatoms. The summed E-state index contributed by atoms with van der Waals surface area (Å²) in [6.07, 6.45) is -7.01. The number of hydrogen-bond acceptors (Lipinski definition) is 9. The molecule has 6 atom stereocenters. The van der Waals surface area contributed by atoms with Gasteiger partial charge in [-0.2, -0.15) is 0 Å². The Balaban J connectivity index is 0.000000841. The first kappa shape index (κ1) is 22.3. The highest BCUT2D eigenvalue weighted by Crippen LogP contribution is 2.29. The molecule has 23 heavy (non-hydrogen) atoms. The van der Waals surface area contributed by atoms with Crippen LogP contribution in [0.1, 0.15) is 6.42 Å². The van der Waals surface area contributed by atoms with Crippen molar-refractivity contribution in [2.24, 2.45) is 5.73 Å². The summed E-state index contributed by atoms with van der Waals surface area (Å²) >= 11 is 0. The van der Waals surface area contributed by atoms with Crippen LogP contribution in [0.3, 0.4) is 0 Å². The quantitative estimate of drug-likeness (QED) is 0.210. The van der Waals surface area contributed by atoms with Crippen molar-refractivity contribution < 1.29 is 59.4 Å². The van der Waals surface area contributed by atoms with Crippen LogP contribution in [0.4, 0.5) is 0 Å². The number of carboxylic acid groups (broad SMARTS) is 1. The van der Waals surface area contributed by atoms with Gasteiger partial charge in [-0.15, -0.1) is 0 Å². The number of nitrogens with two attached hydrogens (primary N) is 1. The topological polar surface area (TPSA) is 251 Å². The molecule has 1 aliphatic rings. The molecule has 1 fully saturated rings. The summed E-state index contributed by atoms with van der Waals surface area (Å²) in [5.41, 5.74) is 5.51. The molecule has 1 heterocycles. The highest BCUT2D eigenvalue weighted by atomic mass is 31.2. The lowest BCUT2D eigenvalue weighted by Crippen LogP contribution is -2.65. The summed E-state index contributed by atoms with van der Waals surface area (Å²) in [6.45, 7) is -0.810. The first-order valence-electron chi connectivity index (χ1n) is 6.05. The zero-order chi connectivity index (χ0) is 18.6. The van der Waals surface area contributed by atoms with E-state index < -0.39 is 63.1 Å². The Morgan fingerprint density at radius 2 is 1.78 bits per heavy atom. The lowest BCUT2D eigenvalue weighted by molar-refractivity contribution is -0.292. The van der Waals surface area contributed by atoms with Crippen LogP contribution in [0, 0.1) is 0 Å². The third-order valence-corrected chi connectivity index (χ3v) is 2.89. The molecule has 0 aromatic heterocycles. The van der Waals surface area contributed by atoms with Gasteiger partial charge in [0.1, 0.15) is 18.3 Å². The summed E-state index contributed by atoms with van der Waals surface area (Å²) in [6, 6.07) is -1.21. The average Bonchev–Trinajstić information content (AvgIpc) is 2.39. The van der Waals surface area contributed by atoms with Gasteiger partial charge < -0.3 is 55.8 Å². The Morgan fingerprint density at radius 1 is 1.35 bits per heavy atom. The number of ether oxygens (including phenoxy) is 1. The van der Waals surface area contributed by atoms with Gasteiger partial charge >= 0.3 is 13.8 Å². The van der Waals surface area contributed by atoms with Crippen LogP contribution in [0.25, 0.3) is 0 Å². The van der Waals surface area contributed by atoms with E-state index in [2.05, 4.69) is 0 Å². The fourth-order valence-corrected chi connectivity index (χ4v) is 1.75. The number of aliphatic carboxylic acids is 1. The lowest BCUT2D eigenvalue weighted by atomic mass is 9.89. The van der Waals surface area contributed by atoms with Gasteiger partial charge in [-0.1, -0.05) is 0 Å². The van der Waals surface area contributed by atoms with Gasteiger partial charge in [0, 0.05) is 6.42 Å². The van der Waals surface area contributed by atoms with Gasteiger partial charge in [-0.05, 0) is 0 Å². The number of hydrogen-bond donors (Lipinski definition) is 10. The maximum Gasteiger partial charge on any atom is 0.466 e. The third-order valence-electron chi connectivity index (χ3n) is 2.89. The molecule has 3 unspecified atom stereocenters. The summed E-state index contributed by atoms with van der Waals surface area (Å²) < 4.78 is 13.6. The fraction of sp³-hybridized carbons (Fsp3) is 0.889. The van der Waals surface area contributed by atoms with Gasteiger partial charge in [0.2, 0.25) is 0 Å². The minimum atomic E-state index is -4.64. The molecular formula is C9H20NO12P. The number of aliphatic hydroxyl groups excluding tert-OH is 4. The predicted molar refractivity (Wildman–Crippen MR) is 69.4 cm³/mol. The molecule has 0 aromatic carbocycles. The Bertz CT molecular complexity index is 434. The zero-order valence-corrected chi connectivity index (χ0v) is 12.5. The predicted octanol–water partition coefficient (Wildman–Crippen LogP) is -4.98. The highest BCUT2D eigenvalue weighted by Gasteiger charge is 2.52. The standard InChI is InChI=1S/C9H17NO8.H3O4P/c10-5-3(12)1-9(17,8(15)16)18-7(5)6(14)4(13)2-11;1-5(2,3)4/h3-7,11-14,17H,1-2,10H2,(H,15,16);(H3,1,2,3,4)/t3-,4?,5+,6?,7+,9?;/m0./s1. The highest BCUT2D eigenvalue weighted by molar-refractivity contribution is 7.45. The molecule has 0 aliphatic carbocycles. The normalized spacial score (nSPS) is 34.0. The van der Waals surface area contributed by atoms with Crippen molar-refractivity contribution in [1.29, 1.82) is 0 Å². The summed E-state index contributed by atoms with van der Waals surface area (Å²) in [4.78, 5) is 32.4. The fourth-order valence-electron chi connectivity index (χ4n) is 1.75. The van der Waals surface area contributed by atoms with Crippen LogP contribution in [0.5, 0.6) is 0 Å². The number of aliphatic hydroxyl groups is 5. The number of carboxylic acids is 1. The van der Waals surface area contributed by atoms with Crippen molar-refractivity contribution in [3.63, 3.8) is 0 Å². The van der Waals surface area contributed by atoms with Gasteiger partial charge in [0.15, 0.2) is 0 Å². The first-order valence-corrected chi connectivity index (χ1v) is 7.62. The maximum atomic E-state index is 10.8. The van der Waals surface area contributed by atoms with Crippen LogP contribution in [-0.2, 0) is 14.1 Å². The van der Waals surface area contributed by atoms with E-state index in [-0.39, 0.29) is 0 Å². The van der Waals surface area contributed by atoms with Crippen molar-refractivity contribution in [3.8, 4) is 0 Å². The van der Waals surface area contributed by atoms with Gasteiger partial charge in [0.25, 0.3) is 5.79 Å². The number of phosphoric acid groups is 1. The van der Waals surface area contributed by atoms with Crippen molar-refractivity contribution in [2.75, 3.05) is 6.61 Å². The summed E-state index contributed by atoms with van der Waals surface area (Å²) in [5, 5.41) is 55.5. The van der Waals surface area contributed by atoms with Gasteiger partial charge in [-0.25, -0.2) is 9.36 Å². The van der Waals surface area contributed by atoms with Gasteiger partial charge in [-0.3, -0.25) is 0 Å². The molecule has 0 bridgehead atoms. The second kappa shape index (κ2) is 8.41. The Morgan fingerprint density at radius 3 is 2.13 bits per heavy atom. The van der Waals surface area contributed by atoms with Crippen molar-refractivity contribution in [2.45, 2.75) is 42.7 Å². The minimum absolute atomic E-state index is 0.665. The van der Waals surface area contributed by atoms with E-state index in [4.69, 9.17) is 39.9 Å². The molecule has 0 amide bonds. The minimum Gasteiger partial charge on any atom is -0.477 e. The Kier molecular flexibility index (Phi) is 8.16. The Hall–Kier alpha value is -0.700. The van der Waals surface area contributed by atoms with Crippen LogP contribution >= 0.6 is 7.82 Å². The molecule has 0 radical (unpaired) electrons. The van der Waals surface area contributed by atoms with E-state index >= 15 is 0 Å². The molecule has 0 spiro atoms. The van der Waals surface area contributed by atoms with Crippen molar-refractivity contribution >= 4 is 13.8 Å². The average molecular weight is 365 g/mol. The third kappa shape index (κ3) is 7.15. The Labute approximate surface area is 129 Å². The maximum absolute atomic E-state index is 10.8. The molecule has 0 aromatic rings. The molecule has 1 saturated heterocycles. The summed E-state index contributed by atoms with van der Waals surface area (Å²) in [5.74, 6) is -4.44. The van der Waals surface area contributed by atoms with E-state index in [0.717, 1.165) is 0 Å². The molecule has 13 nitrogen and oxygen atoms in total. The van der Waals surface area contributed by atoms with Crippen LogP contribution in [0.2, 0.25) is 0 Å². The van der Waals surface area contributed by atoms with E-state index in [9.17, 15) is 25.2 Å². The van der Waals surface area contributed by atoms with Crippen molar-refractivity contribution in [3.05, 3.63) is 0 Å². The van der Waals surface area contributed by atoms with Crippen LogP contribution in [0.15, 0.2) is 0 Å².